The summed E-state index contributed by atoms with van der Waals surface area (Å²) in [6, 6.07) is 11.2. The summed E-state index contributed by atoms with van der Waals surface area (Å²) >= 11 is 0. The van der Waals surface area contributed by atoms with Crippen molar-refractivity contribution in [1.82, 2.24) is 15.5 Å². The molecule has 1 atom stereocenters. The molecular formula is C20H35N5. The zero-order valence-corrected chi connectivity index (χ0v) is 16.2. The Kier molecular flexibility index (Phi) is 8.60. The summed E-state index contributed by atoms with van der Waals surface area (Å²) in [4.78, 5) is 9.21. The van der Waals surface area contributed by atoms with Crippen LogP contribution in [0.4, 0.5) is 5.69 Å². The fourth-order valence-electron chi connectivity index (χ4n) is 3.47. The maximum absolute atomic E-state index is 4.35. The molecule has 0 amide bonds. The number of benzene rings is 1. The molecule has 25 heavy (non-hydrogen) atoms. The van der Waals surface area contributed by atoms with Crippen molar-refractivity contribution in [2.45, 2.75) is 38.6 Å². The Labute approximate surface area is 153 Å². The number of hydrogen-bond acceptors (Lipinski definition) is 3. The number of nitrogens with one attached hydrogen (secondary N) is 2. The molecule has 5 nitrogen and oxygen atoms in total. The molecule has 0 bridgehead atoms. The third-order valence-electron chi connectivity index (χ3n) is 5.04. The molecule has 2 rings (SSSR count). The predicted octanol–water partition coefficient (Wildman–Crippen LogP) is 2.55. The smallest absolute Gasteiger partial charge is 0.191 e. The highest BCUT2D eigenvalue weighted by atomic mass is 15.2. The van der Waals surface area contributed by atoms with Crippen LogP contribution in [0.25, 0.3) is 0 Å². The standard InChI is InChI=1S/C20H35N5/c1-4-25-16-10-13-19(25)17-23-20(21-2)22-14-8-9-15-24(3)18-11-6-5-7-12-18/h5-7,11-12,19H,4,8-10,13-17H2,1-3H3,(H2,21,22,23). The lowest BCUT2D eigenvalue weighted by molar-refractivity contribution is 0.267. The van der Waals surface area contributed by atoms with Gasteiger partial charge in [0.15, 0.2) is 5.96 Å². The minimum absolute atomic E-state index is 0.656. The molecule has 1 unspecified atom stereocenters. The number of aliphatic imine (C=N–C) groups is 1. The van der Waals surface area contributed by atoms with E-state index in [4.69, 9.17) is 0 Å². The van der Waals surface area contributed by atoms with Crippen molar-refractivity contribution in [3.05, 3.63) is 30.3 Å². The first-order chi connectivity index (χ1) is 12.2. The van der Waals surface area contributed by atoms with Crippen molar-refractivity contribution in [2.75, 3.05) is 51.7 Å². The molecule has 1 saturated heterocycles. The van der Waals surface area contributed by atoms with Gasteiger partial charge >= 0.3 is 0 Å². The molecule has 0 radical (unpaired) electrons. The maximum atomic E-state index is 4.35. The van der Waals surface area contributed by atoms with E-state index in [1.807, 2.05) is 7.05 Å². The first kappa shape index (κ1) is 19.6. The molecule has 1 aliphatic rings. The second-order valence-electron chi connectivity index (χ2n) is 6.77. The second kappa shape index (κ2) is 11.0. The van der Waals surface area contributed by atoms with Crippen molar-refractivity contribution in [3.63, 3.8) is 0 Å². The Morgan fingerprint density at radius 1 is 1.24 bits per heavy atom. The summed E-state index contributed by atoms with van der Waals surface area (Å²) in [5.74, 6) is 0.930. The number of rotatable bonds is 9. The van der Waals surface area contributed by atoms with Crippen LogP contribution < -0.4 is 15.5 Å². The highest BCUT2D eigenvalue weighted by Crippen LogP contribution is 2.15. The number of likely N-dealkylation sites (tertiary alicyclic amines) is 1. The van der Waals surface area contributed by atoms with Gasteiger partial charge in [0.25, 0.3) is 0 Å². The summed E-state index contributed by atoms with van der Waals surface area (Å²) in [7, 11) is 4.01. The molecule has 1 aromatic rings. The van der Waals surface area contributed by atoms with Crippen LogP contribution in [-0.4, -0.2) is 63.7 Å². The van der Waals surface area contributed by atoms with Gasteiger partial charge in [-0.2, -0.15) is 0 Å². The normalized spacial score (nSPS) is 18.4. The van der Waals surface area contributed by atoms with Crippen LogP contribution in [0.15, 0.2) is 35.3 Å². The Morgan fingerprint density at radius 3 is 2.76 bits per heavy atom. The highest BCUT2D eigenvalue weighted by molar-refractivity contribution is 5.79. The van der Waals surface area contributed by atoms with E-state index in [0.717, 1.165) is 38.6 Å². The van der Waals surface area contributed by atoms with E-state index in [-0.39, 0.29) is 0 Å². The molecule has 1 heterocycles. The summed E-state index contributed by atoms with van der Waals surface area (Å²) in [6.07, 6.45) is 4.93. The first-order valence-electron chi connectivity index (χ1n) is 9.69. The number of guanidine groups is 1. The van der Waals surface area contributed by atoms with E-state index in [2.05, 4.69) is 69.7 Å². The van der Waals surface area contributed by atoms with E-state index in [1.165, 1.54) is 31.5 Å². The molecule has 1 aromatic carbocycles. The van der Waals surface area contributed by atoms with Crippen LogP contribution in [-0.2, 0) is 0 Å². The molecule has 0 aliphatic carbocycles. The summed E-state index contributed by atoms with van der Waals surface area (Å²) < 4.78 is 0. The van der Waals surface area contributed by atoms with E-state index < -0.39 is 0 Å². The Hall–Kier alpha value is -1.75. The summed E-state index contributed by atoms with van der Waals surface area (Å²) in [6.45, 7) is 7.66. The number of nitrogens with zero attached hydrogens (tertiary/aromatic N) is 3. The minimum atomic E-state index is 0.656. The lowest BCUT2D eigenvalue weighted by atomic mass is 10.2. The average molecular weight is 346 g/mol. The molecule has 0 aromatic heterocycles. The van der Waals surface area contributed by atoms with Gasteiger partial charge in [0.2, 0.25) is 0 Å². The quantitative estimate of drug-likeness (QED) is 0.410. The van der Waals surface area contributed by atoms with Gasteiger partial charge in [-0.3, -0.25) is 9.89 Å². The number of unbranched alkanes of at least 4 members (excludes halogenated alkanes) is 1. The molecule has 2 N–H and O–H groups in total. The number of hydrogen-bond donors (Lipinski definition) is 2. The van der Waals surface area contributed by atoms with Gasteiger partial charge in [0.05, 0.1) is 0 Å². The molecule has 5 heteroatoms. The third kappa shape index (κ3) is 6.58. The predicted molar refractivity (Wildman–Crippen MR) is 109 cm³/mol. The van der Waals surface area contributed by atoms with Crippen molar-refractivity contribution < 1.29 is 0 Å². The van der Waals surface area contributed by atoms with Gasteiger partial charge in [0, 0.05) is 45.5 Å². The molecule has 0 saturated carbocycles. The number of para-hydroxylation sites is 1. The van der Waals surface area contributed by atoms with Crippen LogP contribution in [0.2, 0.25) is 0 Å². The zero-order chi connectivity index (χ0) is 17.9. The Morgan fingerprint density at radius 2 is 2.04 bits per heavy atom. The lowest BCUT2D eigenvalue weighted by Gasteiger charge is -2.24. The second-order valence-corrected chi connectivity index (χ2v) is 6.77. The topological polar surface area (TPSA) is 42.9 Å². The molecule has 1 fully saturated rings. The molecule has 0 spiro atoms. The van der Waals surface area contributed by atoms with E-state index >= 15 is 0 Å². The molecule has 1 aliphatic heterocycles. The zero-order valence-electron chi connectivity index (χ0n) is 16.2. The van der Waals surface area contributed by atoms with Crippen LogP contribution in [0, 0.1) is 0 Å². The molecule has 140 valence electrons. The van der Waals surface area contributed by atoms with Gasteiger partial charge in [-0.1, -0.05) is 25.1 Å². The fraction of sp³-hybridized carbons (Fsp3) is 0.650. The molecular weight excluding hydrogens is 310 g/mol. The fourth-order valence-corrected chi connectivity index (χ4v) is 3.47. The summed E-state index contributed by atoms with van der Waals surface area (Å²) in [5, 5.41) is 6.93. The number of anilines is 1. The largest absolute Gasteiger partial charge is 0.375 e. The van der Waals surface area contributed by atoms with Gasteiger partial charge in [-0.05, 0) is 50.9 Å². The Bertz CT molecular complexity index is 502. The van der Waals surface area contributed by atoms with Gasteiger partial charge < -0.3 is 15.5 Å². The lowest BCUT2D eigenvalue weighted by Crippen LogP contribution is -2.45. The van der Waals surface area contributed by atoms with Crippen LogP contribution in [0.3, 0.4) is 0 Å². The van der Waals surface area contributed by atoms with Crippen LogP contribution >= 0.6 is 0 Å². The van der Waals surface area contributed by atoms with Crippen LogP contribution in [0.1, 0.15) is 32.6 Å². The van der Waals surface area contributed by atoms with Crippen molar-refractivity contribution in [2.24, 2.45) is 4.99 Å². The van der Waals surface area contributed by atoms with E-state index in [0.29, 0.717) is 6.04 Å². The van der Waals surface area contributed by atoms with E-state index in [1.54, 1.807) is 0 Å². The SMILES string of the molecule is CCN1CCCC1CNC(=NC)NCCCCN(C)c1ccccc1. The first-order valence-corrected chi connectivity index (χ1v) is 9.69. The minimum Gasteiger partial charge on any atom is -0.375 e. The van der Waals surface area contributed by atoms with Gasteiger partial charge in [-0.25, -0.2) is 0 Å². The van der Waals surface area contributed by atoms with Gasteiger partial charge in [0.1, 0.15) is 0 Å². The van der Waals surface area contributed by atoms with Gasteiger partial charge in [-0.15, -0.1) is 0 Å². The third-order valence-corrected chi connectivity index (χ3v) is 5.04. The number of likely N-dealkylation sites (N-methyl/N-ethyl adjacent to an activating group) is 1. The van der Waals surface area contributed by atoms with E-state index in [9.17, 15) is 0 Å². The van der Waals surface area contributed by atoms with Crippen molar-refractivity contribution in [1.29, 1.82) is 0 Å². The van der Waals surface area contributed by atoms with Crippen molar-refractivity contribution in [3.8, 4) is 0 Å². The Balaban J connectivity index is 1.58. The maximum Gasteiger partial charge on any atom is 0.191 e. The van der Waals surface area contributed by atoms with Crippen molar-refractivity contribution >= 4 is 11.6 Å². The highest BCUT2D eigenvalue weighted by Gasteiger charge is 2.22. The summed E-state index contributed by atoms with van der Waals surface area (Å²) in [5.41, 5.74) is 1.28. The van der Waals surface area contributed by atoms with Crippen LogP contribution in [0.5, 0.6) is 0 Å². The average Bonchev–Trinajstić information content (AvgIpc) is 3.12. The monoisotopic (exact) mass is 345 g/mol.